The third-order valence-corrected chi connectivity index (χ3v) is 4.12. The van der Waals surface area contributed by atoms with Crippen LogP contribution in [0.25, 0.3) is 0 Å². The minimum absolute atomic E-state index is 0.0806. The average Bonchev–Trinajstić information content (AvgIpc) is 2.16. The average molecular weight is 298 g/mol. The summed E-state index contributed by atoms with van der Waals surface area (Å²) in [5.41, 5.74) is 7.77. The number of benzene rings is 1. The summed E-state index contributed by atoms with van der Waals surface area (Å²) < 4.78 is 0.993. The Kier molecular flexibility index (Phi) is 3.03. The molecule has 3 N–H and O–H groups in total. The first-order valence-corrected chi connectivity index (χ1v) is 6.86. The quantitative estimate of drug-likeness (QED) is 0.828. The Bertz CT molecular complexity index is 444. The molecule has 1 aliphatic rings. The van der Waals surface area contributed by atoms with Crippen molar-refractivity contribution in [3.05, 3.63) is 27.7 Å². The van der Waals surface area contributed by atoms with Crippen LogP contribution in [0, 0.1) is 0 Å². The number of hydrogen-bond donors (Lipinski definition) is 2. The summed E-state index contributed by atoms with van der Waals surface area (Å²) in [7, 11) is 0. The molecule has 0 unspecified atom stereocenters. The van der Waals surface area contributed by atoms with Crippen molar-refractivity contribution in [3.8, 4) is 5.75 Å². The van der Waals surface area contributed by atoms with Crippen LogP contribution >= 0.6 is 15.9 Å². The SMILES string of the molecule is CC(C)(C)c1cc(Br)cc(C2(N)CCC2)c1O. The van der Waals surface area contributed by atoms with Gasteiger partial charge >= 0.3 is 0 Å². The highest BCUT2D eigenvalue weighted by Gasteiger charge is 2.38. The first-order chi connectivity index (χ1) is 7.74. The molecule has 1 saturated carbocycles. The maximum absolute atomic E-state index is 10.4. The highest BCUT2D eigenvalue weighted by Crippen LogP contribution is 2.46. The molecule has 1 aromatic carbocycles. The van der Waals surface area contributed by atoms with Crippen molar-refractivity contribution in [3.63, 3.8) is 0 Å². The molecule has 94 valence electrons. The summed E-state index contributed by atoms with van der Waals surface area (Å²) in [5.74, 6) is 0.378. The Balaban J connectivity index is 2.58. The van der Waals surface area contributed by atoms with Gasteiger partial charge in [-0.15, -0.1) is 0 Å². The van der Waals surface area contributed by atoms with Gasteiger partial charge in [-0.2, -0.15) is 0 Å². The Hall–Kier alpha value is -0.540. The van der Waals surface area contributed by atoms with Gasteiger partial charge in [0.2, 0.25) is 0 Å². The largest absolute Gasteiger partial charge is 0.507 e. The molecule has 2 nitrogen and oxygen atoms in total. The van der Waals surface area contributed by atoms with E-state index < -0.39 is 0 Å². The Labute approximate surface area is 111 Å². The van der Waals surface area contributed by atoms with Gasteiger partial charge < -0.3 is 10.8 Å². The van der Waals surface area contributed by atoms with Crippen LogP contribution in [0.4, 0.5) is 0 Å². The molecule has 0 saturated heterocycles. The number of phenols is 1. The molecule has 0 aliphatic heterocycles. The van der Waals surface area contributed by atoms with E-state index in [0.29, 0.717) is 5.75 Å². The zero-order valence-electron chi connectivity index (χ0n) is 10.7. The van der Waals surface area contributed by atoms with E-state index in [1.165, 1.54) is 0 Å². The van der Waals surface area contributed by atoms with Crippen LogP contribution in [0.1, 0.15) is 51.2 Å². The first kappa shape index (κ1) is 12.9. The van der Waals surface area contributed by atoms with Crippen molar-refractivity contribution < 1.29 is 5.11 Å². The topological polar surface area (TPSA) is 46.2 Å². The van der Waals surface area contributed by atoms with Crippen LogP contribution in [-0.2, 0) is 11.0 Å². The molecule has 1 aromatic rings. The van der Waals surface area contributed by atoms with Crippen molar-refractivity contribution >= 4 is 15.9 Å². The van der Waals surface area contributed by atoms with Crippen LogP contribution in [0.5, 0.6) is 5.75 Å². The highest BCUT2D eigenvalue weighted by molar-refractivity contribution is 9.10. The molecule has 0 heterocycles. The summed E-state index contributed by atoms with van der Waals surface area (Å²) in [6.45, 7) is 6.30. The van der Waals surface area contributed by atoms with Gasteiger partial charge in [0.05, 0.1) is 0 Å². The van der Waals surface area contributed by atoms with Gasteiger partial charge in [-0.25, -0.2) is 0 Å². The summed E-state index contributed by atoms with van der Waals surface area (Å²) in [6, 6.07) is 3.95. The molecule has 0 bridgehead atoms. The fraction of sp³-hybridized carbons (Fsp3) is 0.571. The lowest BCUT2D eigenvalue weighted by Gasteiger charge is -2.40. The maximum Gasteiger partial charge on any atom is 0.124 e. The van der Waals surface area contributed by atoms with Crippen molar-refractivity contribution in [1.29, 1.82) is 0 Å². The number of hydrogen-bond acceptors (Lipinski definition) is 2. The molecule has 3 heteroatoms. The molecule has 2 rings (SSSR count). The van der Waals surface area contributed by atoms with E-state index in [0.717, 1.165) is 34.9 Å². The lowest BCUT2D eigenvalue weighted by Crippen LogP contribution is -2.43. The van der Waals surface area contributed by atoms with Crippen LogP contribution in [0.2, 0.25) is 0 Å². The number of phenolic OH excluding ortho intramolecular Hbond substituents is 1. The van der Waals surface area contributed by atoms with Crippen molar-refractivity contribution in [2.75, 3.05) is 0 Å². The third-order valence-electron chi connectivity index (χ3n) is 3.66. The summed E-state index contributed by atoms with van der Waals surface area (Å²) in [6.07, 6.45) is 3.06. The van der Waals surface area contributed by atoms with Gasteiger partial charge in [-0.05, 0) is 36.8 Å². The van der Waals surface area contributed by atoms with Gasteiger partial charge in [0.1, 0.15) is 5.75 Å². The van der Waals surface area contributed by atoms with E-state index in [9.17, 15) is 5.11 Å². The number of rotatable bonds is 1. The van der Waals surface area contributed by atoms with Crippen LogP contribution < -0.4 is 5.73 Å². The molecule has 0 radical (unpaired) electrons. The van der Waals surface area contributed by atoms with E-state index in [4.69, 9.17) is 5.73 Å². The van der Waals surface area contributed by atoms with Crippen LogP contribution in [0.15, 0.2) is 16.6 Å². The molecule has 1 fully saturated rings. The van der Waals surface area contributed by atoms with Gasteiger partial charge in [-0.3, -0.25) is 0 Å². The minimum Gasteiger partial charge on any atom is -0.507 e. The Morgan fingerprint density at radius 2 is 1.88 bits per heavy atom. The van der Waals surface area contributed by atoms with Crippen LogP contribution in [-0.4, -0.2) is 5.11 Å². The van der Waals surface area contributed by atoms with E-state index in [1.807, 2.05) is 12.1 Å². The zero-order valence-corrected chi connectivity index (χ0v) is 12.3. The van der Waals surface area contributed by atoms with Gasteiger partial charge in [0.25, 0.3) is 0 Å². The number of aromatic hydroxyl groups is 1. The number of halogens is 1. The molecule has 0 atom stereocenters. The molecular formula is C14H20BrNO. The van der Waals surface area contributed by atoms with Crippen LogP contribution in [0.3, 0.4) is 0 Å². The Morgan fingerprint density at radius 1 is 1.29 bits per heavy atom. The molecule has 0 amide bonds. The second kappa shape index (κ2) is 3.99. The lowest BCUT2D eigenvalue weighted by atomic mass is 9.71. The normalized spacial score (nSPS) is 18.9. The summed E-state index contributed by atoms with van der Waals surface area (Å²) in [4.78, 5) is 0. The highest BCUT2D eigenvalue weighted by atomic mass is 79.9. The third kappa shape index (κ3) is 2.23. The smallest absolute Gasteiger partial charge is 0.124 e. The van der Waals surface area contributed by atoms with Crippen molar-refractivity contribution in [2.24, 2.45) is 5.73 Å². The Morgan fingerprint density at radius 3 is 2.29 bits per heavy atom. The van der Waals surface area contributed by atoms with Gasteiger partial charge in [0, 0.05) is 21.1 Å². The number of nitrogens with two attached hydrogens (primary N) is 1. The van der Waals surface area contributed by atoms with Crippen molar-refractivity contribution in [1.82, 2.24) is 0 Å². The minimum atomic E-state index is -0.326. The second-order valence-corrected chi connectivity index (χ2v) is 7.02. The lowest BCUT2D eigenvalue weighted by molar-refractivity contribution is 0.244. The standard InChI is InChI=1S/C14H20BrNO/c1-13(2,3)10-7-9(15)8-11(12(10)17)14(16)5-4-6-14/h7-8,17H,4-6,16H2,1-3H3. The predicted octanol–water partition coefficient (Wildman–Crippen LogP) is 3.79. The van der Waals surface area contributed by atoms with E-state index in [2.05, 4.69) is 36.7 Å². The molecule has 0 aromatic heterocycles. The van der Waals surface area contributed by atoms with E-state index in [-0.39, 0.29) is 11.0 Å². The monoisotopic (exact) mass is 297 g/mol. The summed E-state index contributed by atoms with van der Waals surface area (Å²) in [5, 5.41) is 10.4. The maximum atomic E-state index is 10.4. The summed E-state index contributed by atoms with van der Waals surface area (Å²) >= 11 is 3.52. The van der Waals surface area contributed by atoms with Gasteiger partial charge in [-0.1, -0.05) is 36.7 Å². The molecular weight excluding hydrogens is 278 g/mol. The molecule has 0 spiro atoms. The fourth-order valence-corrected chi connectivity index (χ4v) is 2.84. The van der Waals surface area contributed by atoms with Gasteiger partial charge in [0.15, 0.2) is 0 Å². The molecule has 17 heavy (non-hydrogen) atoms. The van der Waals surface area contributed by atoms with E-state index in [1.54, 1.807) is 0 Å². The predicted molar refractivity (Wildman–Crippen MR) is 74.2 cm³/mol. The second-order valence-electron chi connectivity index (χ2n) is 6.11. The van der Waals surface area contributed by atoms with E-state index >= 15 is 0 Å². The zero-order chi connectivity index (χ0) is 12.8. The van der Waals surface area contributed by atoms with Crippen molar-refractivity contribution in [2.45, 2.75) is 51.0 Å². The fourth-order valence-electron chi connectivity index (χ4n) is 2.38. The molecule has 1 aliphatic carbocycles. The first-order valence-electron chi connectivity index (χ1n) is 6.06.